The smallest absolute Gasteiger partial charge is 0.280 e. The highest BCUT2D eigenvalue weighted by Crippen LogP contribution is 2.15. The van der Waals surface area contributed by atoms with Crippen LogP contribution in [0.4, 0.5) is 15.9 Å². The van der Waals surface area contributed by atoms with Crippen LogP contribution in [0.1, 0.15) is 21.6 Å². The highest BCUT2D eigenvalue weighted by Gasteiger charge is 2.18. The lowest BCUT2D eigenvalue weighted by Crippen LogP contribution is -2.15. The highest BCUT2D eigenvalue weighted by atomic mass is 19.1. The van der Waals surface area contributed by atoms with Crippen LogP contribution in [0.25, 0.3) is 0 Å². The molecule has 0 unspecified atom stereocenters. The molecule has 1 amide bonds. The van der Waals surface area contributed by atoms with Gasteiger partial charge in [0.1, 0.15) is 5.82 Å². The SMILES string of the molecule is Cc1cccc(NC(=O)c2nnn(Cc3cccc(F)c3)c2N)c1. The number of nitrogen functional groups attached to an aromatic ring is 1. The predicted molar refractivity (Wildman–Crippen MR) is 89.1 cm³/mol. The summed E-state index contributed by atoms with van der Waals surface area (Å²) >= 11 is 0. The maximum atomic E-state index is 13.2. The second-order valence-corrected chi connectivity index (χ2v) is 5.43. The van der Waals surface area contributed by atoms with E-state index in [2.05, 4.69) is 15.6 Å². The summed E-state index contributed by atoms with van der Waals surface area (Å²) in [6.45, 7) is 2.16. The summed E-state index contributed by atoms with van der Waals surface area (Å²) in [4.78, 5) is 12.3. The fourth-order valence-corrected chi connectivity index (χ4v) is 2.32. The first-order chi connectivity index (χ1) is 11.5. The first-order valence-corrected chi connectivity index (χ1v) is 7.34. The number of aromatic nitrogens is 3. The van der Waals surface area contributed by atoms with Gasteiger partial charge in [0.2, 0.25) is 0 Å². The number of rotatable bonds is 4. The zero-order chi connectivity index (χ0) is 17.1. The molecule has 122 valence electrons. The Morgan fingerprint density at radius 2 is 2.04 bits per heavy atom. The number of nitrogens with zero attached hydrogens (tertiary/aromatic N) is 3. The van der Waals surface area contributed by atoms with E-state index in [9.17, 15) is 9.18 Å². The van der Waals surface area contributed by atoms with Crippen molar-refractivity contribution >= 4 is 17.4 Å². The molecule has 6 nitrogen and oxygen atoms in total. The molecule has 24 heavy (non-hydrogen) atoms. The van der Waals surface area contributed by atoms with E-state index in [0.29, 0.717) is 11.3 Å². The van der Waals surface area contributed by atoms with Crippen LogP contribution in [0.15, 0.2) is 48.5 Å². The third-order valence-electron chi connectivity index (χ3n) is 3.49. The molecule has 2 aromatic carbocycles. The Hall–Kier alpha value is -3.22. The molecule has 7 heteroatoms. The van der Waals surface area contributed by atoms with Crippen molar-refractivity contribution in [1.82, 2.24) is 15.0 Å². The number of halogens is 1. The number of nitrogens with one attached hydrogen (secondary N) is 1. The first kappa shape index (κ1) is 15.7. The number of carbonyl (C=O) groups excluding carboxylic acids is 1. The van der Waals surface area contributed by atoms with Crippen molar-refractivity contribution in [3.8, 4) is 0 Å². The summed E-state index contributed by atoms with van der Waals surface area (Å²) < 4.78 is 14.6. The van der Waals surface area contributed by atoms with Crippen molar-refractivity contribution in [3.63, 3.8) is 0 Å². The average Bonchev–Trinajstić information content (AvgIpc) is 2.88. The molecule has 0 saturated heterocycles. The van der Waals surface area contributed by atoms with Crippen molar-refractivity contribution in [1.29, 1.82) is 0 Å². The maximum absolute atomic E-state index is 13.2. The van der Waals surface area contributed by atoms with Gasteiger partial charge in [-0.3, -0.25) is 4.79 Å². The number of hydrogen-bond acceptors (Lipinski definition) is 4. The average molecular weight is 325 g/mol. The Balaban J connectivity index is 1.78. The second kappa shape index (κ2) is 6.49. The molecule has 0 spiro atoms. The lowest BCUT2D eigenvalue weighted by atomic mass is 10.2. The Kier molecular flexibility index (Phi) is 4.24. The topological polar surface area (TPSA) is 85.8 Å². The summed E-state index contributed by atoms with van der Waals surface area (Å²) in [5, 5.41) is 10.4. The number of benzene rings is 2. The molecule has 3 rings (SSSR count). The van der Waals surface area contributed by atoms with Crippen LogP contribution in [0.5, 0.6) is 0 Å². The van der Waals surface area contributed by atoms with Crippen molar-refractivity contribution < 1.29 is 9.18 Å². The van der Waals surface area contributed by atoms with Gasteiger partial charge in [0.05, 0.1) is 6.54 Å². The highest BCUT2D eigenvalue weighted by molar-refractivity contribution is 6.05. The van der Waals surface area contributed by atoms with E-state index in [1.54, 1.807) is 18.2 Å². The zero-order valence-corrected chi connectivity index (χ0v) is 13.0. The van der Waals surface area contributed by atoms with E-state index in [-0.39, 0.29) is 23.9 Å². The van der Waals surface area contributed by atoms with Gasteiger partial charge in [-0.25, -0.2) is 9.07 Å². The van der Waals surface area contributed by atoms with Gasteiger partial charge < -0.3 is 11.1 Å². The van der Waals surface area contributed by atoms with Crippen molar-refractivity contribution in [2.45, 2.75) is 13.5 Å². The van der Waals surface area contributed by atoms with Gasteiger partial charge in [-0.1, -0.05) is 29.5 Å². The van der Waals surface area contributed by atoms with E-state index in [0.717, 1.165) is 5.56 Å². The third kappa shape index (κ3) is 3.40. The van der Waals surface area contributed by atoms with E-state index in [1.807, 2.05) is 25.1 Å². The molecular weight excluding hydrogens is 309 g/mol. The number of amides is 1. The van der Waals surface area contributed by atoms with Crippen LogP contribution in [0.2, 0.25) is 0 Å². The molecule has 0 aliphatic rings. The Labute approximate surface area is 138 Å². The summed E-state index contributed by atoms with van der Waals surface area (Å²) in [6, 6.07) is 13.5. The Morgan fingerprint density at radius 3 is 2.79 bits per heavy atom. The first-order valence-electron chi connectivity index (χ1n) is 7.34. The fraction of sp³-hybridized carbons (Fsp3) is 0.118. The number of aryl methyl sites for hydroxylation is 1. The van der Waals surface area contributed by atoms with Gasteiger partial charge in [-0.05, 0) is 42.3 Å². The molecule has 3 N–H and O–H groups in total. The van der Waals surface area contributed by atoms with Crippen molar-refractivity contribution in [2.24, 2.45) is 0 Å². The van der Waals surface area contributed by atoms with Gasteiger partial charge in [0, 0.05) is 5.69 Å². The zero-order valence-electron chi connectivity index (χ0n) is 13.0. The Bertz CT molecular complexity index is 890. The lowest BCUT2D eigenvalue weighted by Gasteiger charge is -2.06. The number of carbonyl (C=O) groups is 1. The third-order valence-corrected chi connectivity index (χ3v) is 3.49. The molecule has 0 saturated carbocycles. The fourth-order valence-electron chi connectivity index (χ4n) is 2.32. The van der Waals surface area contributed by atoms with E-state index in [4.69, 9.17) is 5.73 Å². The molecular formula is C17H16FN5O. The number of anilines is 2. The Morgan fingerprint density at radius 1 is 1.25 bits per heavy atom. The van der Waals surface area contributed by atoms with Crippen LogP contribution in [-0.4, -0.2) is 20.9 Å². The molecule has 1 aromatic heterocycles. The maximum Gasteiger partial charge on any atom is 0.280 e. The molecule has 0 aliphatic heterocycles. The van der Waals surface area contributed by atoms with Crippen LogP contribution in [-0.2, 0) is 6.54 Å². The molecule has 0 radical (unpaired) electrons. The standard InChI is InChI=1S/C17H16FN5O/c1-11-4-2-7-14(8-11)20-17(24)15-16(19)23(22-21-15)10-12-5-3-6-13(18)9-12/h2-9H,10,19H2,1H3,(H,20,24). The van der Waals surface area contributed by atoms with Gasteiger partial charge in [-0.15, -0.1) is 5.10 Å². The van der Waals surface area contributed by atoms with E-state index < -0.39 is 5.91 Å². The molecule has 3 aromatic rings. The van der Waals surface area contributed by atoms with E-state index in [1.165, 1.54) is 16.8 Å². The second-order valence-electron chi connectivity index (χ2n) is 5.43. The summed E-state index contributed by atoms with van der Waals surface area (Å²) in [5.41, 5.74) is 8.35. The van der Waals surface area contributed by atoms with Gasteiger partial charge in [0.25, 0.3) is 5.91 Å². The predicted octanol–water partition coefficient (Wildman–Crippen LogP) is 2.61. The normalized spacial score (nSPS) is 10.6. The number of hydrogen-bond donors (Lipinski definition) is 2. The minimum atomic E-state index is -0.441. The minimum Gasteiger partial charge on any atom is -0.382 e. The molecule has 0 aliphatic carbocycles. The molecule has 0 bridgehead atoms. The van der Waals surface area contributed by atoms with Gasteiger partial charge in [-0.2, -0.15) is 0 Å². The minimum absolute atomic E-state index is 0.0351. The monoisotopic (exact) mass is 325 g/mol. The largest absolute Gasteiger partial charge is 0.382 e. The van der Waals surface area contributed by atoms with Crippen molar-refractivity contribution in [3.05, 3.63) is 71.2 Å². The lowest BCUT2D eigenvalue weighted by molar-refractivity contribution is 0.102. The van der Waals surface area contributed by atoms with Crippen LogP contribution in [0.3, 0.4) is 0 Å². The summed E-state index contributed by atoms with van der Waals surface area (Å²) in [6.07, 6.45) is 0. The summed E-state index contributed by atoms with van der Waals surface area (Å²) in [7, 11) is 0. The number of nitrogens with two attached hydrogens (primary N) is 1. The van der Waals surface area contributed by atoms with Crippen LogP contribution in [0, 0.1) is 12.7 Å². The van der Waals surface area contributed by atoms with Crippen LogP contribution >= 0.6 is 0 Å². The van der Waals surface area contributed by atoms with E-state index >= 15 is 0 Å². The van der Waals surface area contributed by atoms with Gasteiger partial charge >= 0.3 is 0 Å². The van der Waals surface area contributed by atoms with Crippen LogP contribution < -0.4 is 11.1 Å². The molecule has 0 atom stereocenters. The van der Waals surface area contributed by atoms with Crippen molar-refractivity contribution in [2.75, 3.05) is 11.1 Å². The summed E-state index contributed by atoms with van der Waals surface area (Å²) in [5.74, 6) is -0.656. The molecule has 1 heterocycles. The van der Waals surface area contributed by atoms with Gasteiger partial charge in [0.15, 0.2) is 11.5 Å². The molecule has 0 fully saturated rings. The quantitative estimate of drug-likeness (QED) is 0.772.